The highest BCUT2D eigenvalue weighted by Crippen LogP contribution is 2.27. The van der Waals surface area contributed by atoms with Crippen molar-refractivity contribution in [1.82, 2.24) is 5.32 Å². The number of ether oxygens (including phenoxy) is 5. The summed E-state index contributed by atoms with van der Waals surface area (Å²) in [7, 11) is 3.56. The highest BCUT2D eigenvalue weighted by atomic mass is 16.7. The first-order valence-electron chi connectivity index (χ1n) is 16.0. The van der Waals surface area contributed by atoms with Crippen LogP contribution in [-0.2, 0) is 28.5 Å². The maximum atomic E-state index is 9.59. The van der Waals surface area contributed by atoms with Crippen LogP contribution in [0.3, 0.4) is 0 Å². The van der Waals surface area contributed by atoms with Gasteiger partial charge in [0.05, 0.1) is 55.9 Å². The van der Waals surface area contributed by atoms with Crippen LogP contribution in [-0.4, -0.2) is 147 Å². The van der Waals surface area contributed by atoms with Gasteiger partial charge in [0.2, 0.25) is 0 Å². The SMILES string of the molecule is CNC1CC(N)CC(OC2CCC(CO)O2)C1.CO[C@@H]1CC[C@H](O)C(CN)O1.NCCC(O)C=O.NC[C@H]1CC(O)[C@@H](N)CO1. The summed E-state index contributed by atoms with van der Waals surface area (Å²) in [5, 5.41) is 39.2. The van der Waals surface area contributed by atoms with Gasteiger partial charge >= 0.3 is 0 Å². The number of aliphatic hydroxyl groups excluding tert-OH is 4. The molecule has 0 aromatic carbocycles. The summed E-state index contributed by atoms with van der Waals surface area (Å²) in [6, 6.07) is 0.419. The van der Waals surface area contributed by atoms with Gasteiger partial charge in [0.25, 0.3) is 0 Å². The predicted octanol–water partition coefficient (Wildman–Crippen LogP) is -3.26. The molecule has 8 unspecified atom stereocenters. The first kappa shape index (κ1) is 42.1. The van der Waals surface area contributed by atoms with E-state index in [2.05, 4.69) is 5.32 Å². The lowest BCUT2D eigenvalue weighted by atomic mass is 9.89. The molecule has 4 rings (SSSR count). The van der Waals surface area contributed by atoms with E-state index in [0.717, 1.165) is 38.5 Å². The first-order valence-corrected chi connectivity index (χ1v) is 16.0. The number of aliphatic hydroxyl groups is 4. The molecule has 268 valence electrons. The van der Waals surface area contributed by atoms with E-state index >= 15 is 0 Å². The molecular weight excluding hydrogens is 592 g/mol. The Bertz CT molecular complexity index is 750. The minimum Gasteiger partial charge on any atom is -0.394 e. The Kier molecular flexibility index (Phi) is 22.7. The molecule has 1 aliphatic carbocycles. The molecule has 0 amide bonds. The van der Waals surface area contributed by atoms with Crippen LogP contribution < -0.4 is 34.0 Å². The summed E-state index contributed by atoms with van der Waals surface area (Å²) in [6.07, 6.45) is 5.35. The standard InChI is InChI=1S/C12H24N2O3.C7H15NO3.C6H14N2O2.C4H9NO2/c1-14-9-4-8(13)5-11(6-9)17-12-3-2-10(7-15)16-12;1-10-7-3-2-5(9)6(4-8)11-7;7-2-4-1-6(9)5(8)3-10-4;5-2-1-4(7)3-6/h8-12,14-15H,2-7,13H2,1H3;5-7,9H,2-4,8H2,1H3;4-6,9H,1-3,7-8H2;3-4,7H,1-2,5H2/t;5-,6?,7-;4-,5+,6?;/m.01./s1. The van der Waals surface area contributed by atoms with Gasteiger partial charge in [-0.1, -0.05) is 0 Å². The van der Waals surface area contributed by atoms with E-state index in [0.29, 0.717) is 57.8 Å². The number of nitrogens with two attached hydrogens (primary N) is 5. The molecule has 16 nitrogen and oxygen atoms in total. The zero-order chi connectivity index (χ0) is 33.8. The van der Waals surface area contributed by atoms with Crippen molar-refractivity contribution in [2.75, 3.05) is 47.0 Å². The fraction of sp³-hybridized carbons (Fsp3) is 0.966. The summed E-state index contributed by atoms with van der Waals surface area (Å²) < 4.78 is 27.0. The second kappa shape index (κ2) is 24.2. The quantitative estimate of drug-likeness (QED) is 0.103. The Morgan fingerprint density at radius 1 is 0.933 bits per heavy atom. The molecule has 0 spiro atoms. The summed E-state index contributed by atoms with van der Waals surface area (Å²) in [4.78, 5) is 9.59. The summed E-state index contributed by atoms with van der Waals surface area (Å²) in [5.41, 5.74) is 27.2. The lowest BCUT2D eigenvalue weighted by Gasteiger charge is -2.34. The number of aldehydes is 1. The number of carbonyl (C=O) groups is 1. The Morgan fingerprint density at radius 2 is 1.64 bits per heavy atom. The van der Waals surface area contributed by atoms with Crippen molar-refractivity contribution in [3.8, 4) is 0 Å². The minimum absolute atomic E-state index is 0.00481. The highest BCUT2D eigenvalue weighted by Gasteiger charge is 2.32. The molecule has 3 aliphatic heterocycles. The number of methoxy groups -OCH3 is 1. The zero-order valence-corrected chi connectivity index (χ0v) is 27.0. The van der Waals surface area contributed by atoms with Crippen molar-refractivity contribution in [2.24, 2.45) is 28.7 Å². The van der Waals surface area contributed by atoms with E-state index in [1.165, 1.54) is 0 Å². The normalized spacial score (nSPS) is 37.1. The predicted molar refractivity (Wildman–Crippen MR) is 168 cm³/mol. The molecule has 4 aliphatic rings. The van der Waals surface area contributed by atoms with E-state index in [9.17, 15) is 15.0 Å². The van der Waals surface area contributed by atoms with Crippen molar-refractivity contribution in [2.45, 2.75) is 131 Å². The Labute approximate surface area is 267 Å². The molecule has 3 saturated heterocycles. The monoisotopic (exact) mass is 654 g/mol. The summed E-state index contributed by atoms with van der Waals surface area (Å²) in [6.45, 7) is 1.68. The molecule has 1 saturated carbocycles. The smallest absolute Gasteiger partial charge is 0.158 e. The first-order chi connectivity index (χ1) is 21.5. The number of hydrogen-bond donors (Lipinski definition) is 10. The molecule has 0 radical (unpaired) electrons. The average molecular weight is 655 g/mol. The van der Waals surface area contributed by atoms with Gasteiger partial charge in [0, 0.05) is 51.5 Å². The van der Waals surface area contributed by atoms with Gasteiger partial charge in [0.1, 0.15) is 12.4 Å². The van der Waals surface area contributed by atoms with Crippen molar-refractivity contribution < 1.29 is 48.9 Å². The fourth-order valence-corrected chi connectivity index (χ4v) is 5.28. The number of hydrogen-bond acceptors (Lipinski definition) is 16. The zero-order valence-electron chi connectivity index (χ0n) is 27.0. The van der Waals surface area contributed by atoms with Crippen LogP contribution in [0.15, 0.2) is 0 Å². The van der Waals surface area contributed by atoms with Gasteiger partial charge in [-0.15, -0.1) is 0 Å². The molecular formula is C29H62N6O10. The average Bonchev–Trinajstić information content (AvgIpc) is 3.50. The van der Waals surface area contributed by atoms with E-state index in [1.54, 1.807) is 7.11 Å². The van der Waals surface area contributed by atoms with E-state index in [-0.39, 0.29) is 55.7 Å². The maximum Gasteiger partial charge on any atom is 0.158 e. The second-order valence-electron chi connectivity index (χ2n) is 11.8. The van der Waals surface area contributed by atoms with Crippen LogP contribution in [0.5, 0.6) is 0 Å². The Hall–Kier alpha value is -0.930. The minimum atomic E-state index is -0.856. The maximum absolute atomic E-state index is 9.59. The number of nitrogens with one attached hydrogen (secondary N) is 1. The van der Waals surface area contributed by atoms with Crippen LogP contribution in [0.2, 0.25) is 0 Å². The Balaban J connectivity index is 0.000000317. The van der Waals surface area contributed by atoms with Gasteiger partial charge in [-0.05, 0) is 52.1 Å². The van der Waals surface area contributed by atoms with Gasteiger partial charge in [-0.25, -0.2) is 0 Å². The third-order valence-corrected chi connectivity index (χ3v) is 8.08. The van der Waals surface area contributed by atoms with Crippen molar-refractivity contribution in [3.05, 3.63) is 0 Å². The lowest BCUT2D eigenvalue weighted by Crippen LogP contribution is -2.48. The van der Waals surface area contributed by atoms with Gasteiger partial charge < -0.3 is 82.9 Å². The largest absolute Gasteiger partial charge is 0.394 e. The van der Waals surface area contributed by atoms with E-state index in [4.69, 9.17) is 62.6 Å². The third kappa shape index (κ3) is 17.2. The van der Waals surface area contributed by atoms with Crippen LogP contribution in [0.25, 0.3) is 0 Å². The van der Waals surface area contributed by atoms with Crippen molar-refractivity contribution in [1.29, 1.82) is 0 Å². The van der Waals surface area contributed by atoms with Crippen LogP contribution in [0, 0.1) is 0 Å². The molecule has 16 heteroatoms. The molecule has 45 heavy (non-hydrogen) atoms. The van der Waals surface area contributed by atoms with E-state index in [1.807, 2.05) is 7.05 Å². The van der Waals surface area contributed by atoms with Gasteiger partial charge in [0.15, 0.2) is 12.6 Å². The molecule has 12 atom stereocenters. The second-order valence-corrected chi connectivity index (χ2v) is 11.8. The molecule has 0 aromatic heterocycles. The topological polar surface area (TPSA) is 286 Å². The fourth-order valence-electron chi connectivity index (χ4n) is 5.28. The number of rotatable bonds is 10. The van der Waals surface area contributed by atoms with Gasteiger partial charge in [-0.2, -0.15) is 0 Å². The van der Waals surface area contributed by atoms with Crippen LogP contribution >= 0.6 is 0 Å². The van der Waals surface area contributed by atoms with Crippen LogP contribution in [0.4, 0.5) is 0 Å². The number of carbonyl (C=O) groups excluding carboxylic acids is 1. The lowest BCUT2D eigenvalue weighted by molar-refractivity contribution is -0.208. The van der Waals surface area contributed by atoms with E-state index < -0.39 is 18.3 Å². The molecule has 15 N–H and O–H groups in total. The Morgan fingerprint density at radius 3 is 2.16 bits per heavy atom. The molecule has 0 aromatic rings. The highest BCUT2D eigenvalue weighted by molar-refractivity contribution is 5.55. The van der Waals surface area contributed by atoms with Crippen LogP contribution in [0.1, 0.15) is 57.8 Å². The molecule has 4 fully saturated rings. The van der Waals surface area contributed by atoms with Crippen molar-refractivity contribution >= 4 is 6.29 Å². The molecule has 3 heterocycles. The summed E-state index contributed by atoms with van der Waals surface area (Å²) in [5.74, 6) is 0. The molecule has 0 bridgehead atoms. The third-order valence-electron chi connectivity index (χ3n) is 8.08. The summed E-state index contributed by atoms with van der Waals surface area (Å²) >= 11 is 0. The van der Waals surface area contributed by atoms with Crippen molar-refractivity contribution in [3.63, 3.8) is 0 Å². The van der Waals surface area contributed by atoms with Gasteiger partial charge in [-0.3, -0.25) is 0 Å².